The first-order chi connectivity index (χ1) is 12.9. The molecule has 0 spiro atoms. The van der Waals surface area contributed by atoms with E-state index in [0.29, 0.717) is 13.0 Å². The molecule has 2 aromatic rings. The standard InChI is InChI=1S/C16H18ClN5O3.CH4S/c1-2-7-21-13(18)12(15(24)22(16(21)25)10-4-5-10)20-14(23)9-3-6-11(17)19-8-9;1-2/h3,6,8,10H,2,4-5,7,18H2,1H3,(H,20,23);2H,1H3. The number of hydrogen-bond acceptors (Lipinski definition) is 6. The van der Waals surface area contributed by atoms with Crippen molar-refractivity contribution in [3.63, 3.8) is 0 Å². The Balaban J connectivity index is 0.00000126. The molecule has 1 aliphatic carbocycles. The highest BCUT2D eigenvalue weighted by atomic mass is 35.5. The van der Waals surface area contributed by atoms with Crippen molar-refractivity contribution in [3.8, 4) is 0 Å². The third kappa shape index (κ3) is 4.54. The zero-order chi connectivity index (χ0) is 20.1. The maximum atomic E-state index is 12.7. The second-order valence-electron chi connectivity index (χ2n) is 5.92. The topological polar surface area (TPSA) is 112 Å². The highest BCUT2D eigenvalue weighted by Crippen LogP contribution is 2.32. The van der Waals surface area contributed by atoms with Gasteiger partial charge in [-0.25, -0.2) is 9.78 Å². The van der Waals surface area contributed by atoms with Gasteiger partial charge in [-0.2, -0.15) is 12.6 Å². The lowest BCUT2D eigenvalue weighted by atomic mass is 10.2. The van der Waals surface area contributed by atoms with Gasteiger partial charge >= 0.3 is 5.69 Å². The van der Waals surface area contributed by atoms with Crippen LogP contribution in [-0.4, -0.2) is 26.3 Å². The van der Waals surface area contributed by atoms with Gasteiger partial charge in [-0.05, 0) is 37.7 Å². The van der Waals surface area contributed by atoms with Crippen LogP contribution in [-0.2, 0) is 6.54 Å². The molecule has 0 saturated heterocycles. The molecule has 8 nitrogen and oxygen atoms in total. The Kier molecular flexibility index (Phi) is 7.09. The third-order valence-electron chi connectivity index (χ3n) is 4.00. The Morgan fingerprint density at radius 1 is 1.37 bits per heavy atom. The largest absolute Gasteiger partial charge is 0.383 e. The lowest BCUT2D eigenvalue weighted by Crippen LogP contribution is -2.42. The van der Waals surface area contributed by atoms with E-state index >= 15 is 0 Å². The molecule has 1 fully saturated rings. The van der Waals surface area contributed by atoms with Gasteiger partial charge in [0.25, 0.3) is 11.5 Å². The van der Waals surface area contributed by atoms with Crippen molar-refractivity contribution < 1.29 is 4.79 Å². The second-order valence-corrected chi connectivity index (χ2v) is 6.31. The molecular formula is C17H22ClN5O3S. The maximum Gasteiger partial charge on any atom is 0.332 e. The smallest absolute Gasteiger partial charge is 0.332 e. The number of nitrogen functional groups attached to an aromatic ring is 1. The minimum absolute atomic E-state index is 0.0379. The number of amides is 1. The van der Waals surface area contributed by atoms with Crippen LogP contribution in [0.2, 0.25) is 5.15 Å². The minimum Gasteiger partial charge on any atom is -0.383 e. The fraction of sp³-hybridized carbons (Fsp3) is 0.412. The van der Waals surface area contributed by atoms with Crippen molar-refractivity contribution in [2.24, 2.45) is 0 Å². The number of anilines is 2. The zero-order valence-electron chi connectivity index (χ0n) is 15.1. The van der Waals surface area contributed by atoms with Crippen LogP contribution in [0.3, 0.4) is 0 Å². The SMILES string of the molecule is CCCn1c(N)c(NC(=O)c2ccc(Cl)nc2)c(=O)n(C2CC2)c1=O.CS. The van der Waals surface area contributed by atoms with Crippen molar-refractivity contribution in [1.29, 1.82) is 0 Å². The molecule has 3 N–H and O–H groups in total. The molecule has 0 radical (unpaired) electrons. The highest BCUT2D eigenvalue weighted by Gasteiger charge is 2.30. The van der Waals surface area contributed by atoms with Crippen LogP contribution in [0.15, 0.2) is 27.9 Å². The van der Waals surface area contributed by atoms with Crippen molar-refractivity contribution in [3.05, 3.63) is 49.9 Å². The summed E-state index contributed by atoms with van der Waals surface area (Å²) in [4.78, 5) is 41.5. The molecule has 146 valence electrons. The van der Waals surface area contributed by atoms with Crippen LogP contribution < -0.4 is 22.3 Å². The predicted octanol–water partition coefficient (Wildman–Crippen LogP) is 2.18. The van der Waals surface area contributed by atoms with Crippen LogP contribution >= 0.6 is 24.2 Å². The van der Waals surface area contributed by atoms with E-state index in [-0.39, 0.29) is 28.3 Å². The van der Waals surface area contributed by atoms with Gasteiger partial charge in [0.2, 0.25) is 0 Å². The number of carbonyl (C=O) groups excluding carboxylic acids is 1. The van der Waals surface area contributed by atoms with Crippen LogP contribution in [0.1, 0.15) is 42.6 Å². The number of nitrogens with two attached hydrogens (primary N) is 1. The van der Waals surface area contributed by atoms with Gasteiger partial charge in [-0.1, -0.05) is 18.5 Å². The number of aromatic nitrogens is 3. The van der Waals surface area contributed by atoms with Gasteiger partial charge in [0, 0.05) is 18.8 Å². The molecule has 0 unspecified atom stereocenters. The van der Waals surface area contributed by atoms with Crippen molar-refractivity contribution in [2.45, 2.75) is 38.8 Å². The van der Waals surface area contributed by atoms with E-state index in [1.807, 2.05) is 6.92 Å². The van der Waals surface area contributed by atoms with Gasteiger partial charge in [-0.15, -0.1) is 0 Å². The molecule has 1 saturated carbocycles. The quantitative estimate of drug-likeness (QED) is 0.515. The Morgan fingerprint density at radius 2 is 2.04 bits per heavy atom. The number of hydrogen-bond donors (Lipinski definition) is 3. The van der Waals surface area contributed by atoms with E-state index in [4.69, 9.17) is 17.3 Å². The maximum absolute atomic E-state index is 12.7. The summed E-state index contributed by atoms with van der Waals surface area (Å²) in [6.07, 6.45) is 5.19. The molecule has 0 bridgehead atoms. The Bertz CT molecular complexity index is 935. The first kappa shape index (κ1) is 21.0. The summed E-state index contributed by atoms with van der Waals surface area (Å²) >= 11 is 9.24. The summed E-state index contributed by atoms with van der Waals surface area (Å²) in [6.45, 7) is 2.26. The van der Waals surface area contributed by atoms with E-state index in [1.165, 1.54) is 27.5 Å². The number of carbonyl (C=O) groups is 1. The van der Waals surface area contributed by atoms with E-state index in [1.54, 1.807) is 6.26 Å². The fourth-order valence-electron chi connectivity index (χ4n) is 2.59. The first-order valence-electron chi connectivity index (χ1n) is 8.46. The first-order valence-corrected chi connectivity index (χ1v) is 9.73. The molecule has 1 aliphatic rings. The minimum atomic E-state index is -0.576. The highest BCUT2D eigenvalue weighted by molar-refractivity contribution is 7.79. The van der Waals surface area contributed by atoms with Crippen LogP contribution in [0.4, 0.5) is 11.5 Å². The van der Waals surface area contributed by atoms with Gasteiger partial charge in [-0.3, -0.25) is 18.7 Å². The van der Waals surface area contributed by atoms with Crippen LogP contribution in [0.25, 0.3) is 0 Å². The number of nitrogens with one attached hydrogen (secondary N) is 1. The van der Waals surface area contributed by atoms with E-state index in [9.17, 15) is 14.4 Å². The van der Waals surface area contributed by atoms with Crippen molar-refractivity contribution >= 4 is 41.6 Å². The normalized spacial score (nSPS) is 12.9. The number of nitrogens with zero attached hydrogens (tertiary/aromatic N) is 3. The molecule has 1 amide bonds. The van der Waals surface area contributed by atoms with Crippen LogP contribution in [0.5, 0.6) is 0 Å². The second kappa shape index (κ2) is 9.09. The predicted molar refractivity (Wildman–Crippen MR) is 110 cm³/mol. The molecular weight excluding hydrogens is 390 g/mol. The number of thiol groups is 1. The molecule has 3 rings (SSSR count). The van der Waals surface area contributed by atoms with E-state index in [0.717, 1.165) is 12.8 Å². The summed E-state index contributed by atoms with van der Waals surface area (Å²) in [5, 5.41) is 2.78. The summed E-state index contributed by atoms with van der Waals surface area (Å²) in [5.74, 6) is -0.582. The Labute approximate surface area is 166 Å². The monoisotopic (exact) mass is 411 g/mol. The zero-order valence-corrected chi connectivity index (χ0v) is 16.8. The van der Waals surface area contributed by atoms with Gasteiger partial charge in [0.1, 0.15) is 16.7 Å². The molecule has 0 atom stereocenters. The summed E-state index contributed by atoms with van der Waals surface area (Å²) in [6, 6.07) is 2.83. The van der Waals surface area contributed by atoms with Gasteiger partial charge in [0.15, 0.2) is 0 Å². The molecule has 0 aromatic carbocycles. The van der Waals surface area contributed by atoms with Crippen molar-refractivity contribution in [2.75, 3.05) is 17.3 Å². The Morgan fingerprint density at radius 3 is 2.56 bits per heavy atom. The molecule has 27 heavy (non-hydrogen) atoms. The van der Waals surface area contributed by atoms with E-state index < -0.39 is 17.2 Å². The van der Waals surface area contributed by atoms with Gasteiger partial charge < -0.3 is 11.1 Å². The molecule has 0 aliphatic heterocycles. The van der Waals surface area contributed by atoms with Crippen LogP contribution in [0, 0.1) is 0 Å². The third-order valence-corrected chi connectivity index (χ3v) is 4.23. The fourth-order valence-corrected chi connectivity index (χ4v) is 2.70. The average molecular weight is 412 g/mol. The lowest BCUT2D eigenvalue weighted by Gasteiger charge is -2.16. The molecule has 2 heterocycles. The summed E-state index contributed by atoms with van der Waals surface area (Å²) < 4.78 is 2.51. The molecule has 2 aromatic heterocycles. The average Bonchev–Trinajstić information content (AvgIpc) is 3.49. The summed E-state index contributed by atoms with van der Waals surface area (Å²) in [7, 11) is 0. The van der Waals surface area contributed by atoms with Crippen molar-refractivity contribution in [1.82, 2.24) is 14.1 Å². The Hall–Kier alpha value is -2.26. The number of rotatable bonds is 5. The lowest BCUT2D eigenvalue weighted by molar-refractivity contribution is 0.102. The van der Waals surface area contributed by atoms with E-state index in [2.05, 4.69) is 22.9 Å². The summed E-state index contributed by atoms with van der Waals surface area (Å²) in [5.41, 5.74) is 5.15. The number of pyridine rings is 1. The molecule has 10 heteroatoms. The van der Waals surface area contributed by atoms with Gasteiger partial charge in [0.05, 0.1) is 5.56 Å². The number of halogens is 1.